The van der Waals surface area contributed by atoms with Gasteiger partial charge in [0.15, 0.2) is 0 Å². The molecule has 20 heavy (non-hydrogen) atoms. The lowest BCUT2D eigenvalue weighted by Gasteiger charge is -2.13. The minimum atomic E-state index is -0.518. The second-order valence-electron chi connectivity index (χ2n) is 5.07. The summed E-state index contributed by atoms with van der Waals surface area (Å²) in [7, 11) is 0. The minimum absolute atomic E-state index is 0.178. The maximum atomic E-state index is 12.2. The van der Waals surface area contributed by atoms with Crippen LogP contribution >= 0.6 is 0 Å². The van der Waals surface area contributed by atoms with Crippen molar-refractivity contribution in [3.8, 4) is 0 Å². The van der Waals surface area contributed by atoms with E-state index >= 15 is 0 Å². The zero-order valence-corrected chi connectivity index (χ0v) is 10.7. The van der Waals surface area contributed by atoms with E-state index in [1.165, 1.54) is 6.07 Å². The molecule has 104 valence electrons. The van der Waals surface area contributed by atoms with Gasteiger partial charge in [0.05, 0.1) is 21.9 Å². The van der Waals surface area contributed by atoms with Crippen molar-refractivity contribution in [3.05, 3.63) is 38.9 Å². The molecule has 3 rings (SSSR count). The summed E-state index contributed by atoms with van der Waals surface area (Å²) in [6.45, 7) is 0.278. The number of rotatable bonds is 3. The van der Waals surface area contributed by atoms with Crippen molar-refractivity contribution in [3.63, 3.8) is 0 Å². The number of hydrogen-bond donors (Lipinski definition) is 4. The number of aromatic nitrogens is 2. The third-order valence-electron chi connectivity index (χ3n) is 3.80. The fraction of sp³-hybridized carbons (Fsp3) is 0.308. The third-order valence-corrected chi connectivity index (χ3v) is 3.80. The van der Waals surface area contributed by atoms with Crippen LogP contribution in [0.25, 0.3) is 10.8 Å². The van der Waals surface area contributed by atoms with Gasteiger partial charge in [-0.3, -0.25) is 24.6 Å². The Morgan fingerprint density at radius 1 is 1.25 bits per heavy atom. The van der Waals surface area contributed by atoms with Gasteiger partial charge >= 0.3 is 0 Å². The molecule has 1 heterocycles. The molecule has 5 N–H and O–H groups in total. The van der Waals surface area contributed by atoms with E-state index in [1.54, 1.807) is 12.1 Å². The van der Waals surface area contributed by atoms with E-state index in [0.29, 0.717) is 5.69 Å². The summed E-state index contributed by atoms with van der Waals surface area (Å²) in [4.78, 5) is 35.7. The molecule has 0 spiro atoms. The van der Waals surface area contributed by atoms with Crippen molar-refractivity contribution < 1.29 is 4.79 Å². The molecule has 2 aromatic rings. The lowest BCUT2D eigenvalue weighted by molar-refractivity contribution is -0.120. The summed E-state index contributed by atoms with van der Waals surface area (Å²) in [5, 5.41) is 7.64. The van der Waals surface area contributed by atoms with Crippen LogP contribution in [0.4, 0.5) is 5.69 Å². The number of fused-ring (bicyclic) bond motifs is 1. The van der Waals surface area contributed by atoms with Gasteiger partial charge in [0, 0.05) is 6.54 Å². The summed E-state index contributed by atoms with van der Waals surface area (Å²) >= 11 is 0. The number of carbonyl (C=O) groups is 1. The van der Waals surface area contributed by atoms with Crippen LogP contribution in [0.15, 0.2) is 27.8 Å². The first-order chi connectivity index (χ1) is 9.57. The summed E-state index contributed by atoms with van der Waals surface area (Å²) < 4.78 is 0. The normalized spacial score (nSPS) is 16.1. The Kier molecular flexibility index (Phi) is 2.72. The largest absolute Gasteiger partial charge is 0.329 e. The Balaban J connectivity index is 2.09. The number of nitrogens with two attached hydrogens (primary N) is 1. The monoisotopic (exact) mass is 274 g/mol. The van der Waals surface area contributed by atoms with Gasteiger partial charge in [0.2, 0.25) is 5.91 Å². The molecule has 1 aromatic heterocycles. The first-order valence-electron chi connectivity index (χ1n) is 6.33. The van der Waals surface area contributed by atoms with Crippen molar-refractivity contribution in [1.29, 1.82) is 0 Å². The second-order valence-corrected chi connectivity index (χ2v) is 5.07. The molecular formula is C13H14N4O3. The number of aromatic amines is 2. The van der Waals surface area contributed by atoms with E-state index in [2.05, 4.69) is 15.5 Å². The van der Waals surface area contributed by atoms with Crippen LogP contribution < -0.4 is 22.2 Å². The average Bonchev–Trinajstić information content (AvgIpc) is 3.24. The zero-order valence-electron chi connectivity index (χ0n) is 10.7. The number of benzene rings is 1. The van der Waals surface area contributed by atoms with Gasteiger partial charge in [0.1, 0.15) is 0 Å². The average molecular weight is 274 g/mol. The molecule has 0 aliphatic heterocycles. The van der Waals surface area contributed by atoms with E-state index < -0.39 is 16.5 Å². The Morgan fingerprint density at radius 2 is 1.95 bits per heavy atom. The number of anilines is 1. The molecule has 0 bridgehead atoms. The van der Waals surface area contributed by atoms with Crippen LogP contribution in [-0.2, 0) is 4.79 Å². The standard InChI is InChI=1S/C13H14N4O3/c14-6-13(4-5-13)12(20)15-8-3-1-2-7-9(8)11(19)17-16-10(7)18/h1-3H,4-6,14H2,(H,15,20)(H,16,18)(H,17,19). The van der Waals surface area contributed by atoms with E-state index in [4.69, 9.17) is 5.73 Å². The molecule has 1 amide bonds. The highest BCUT2D eigenvalue weighted by molar-refractivity contribution is 6.04. The summed E-state index contributed by atoms with van der Waals surface area (Å²) in [5.41, 5.74) is 4.56. The second kappa shape index (κ2) is 4.31. The van der Waals surface area contributed by atoms with E-state index in [-0.39, 0.29) is 23.2 Å². The minimum Gasteiger partial charge on any atom is -0.329 e. The van der Waals surface area contributed by atoms with E-state index in [9.17, 15) is 14.4 Å². The molecule has 1 aliphatic carbocycles. The van der Waals surface area contributed by atoms with Crippen LogP contribution in [0.1, 0.15) is 12.8 Å². The summed E-state index contributed by atoms with van der Waals surface area (Å²) in [6, 6.07) is 4.76. The summed E-state index contributed by atoms with van der Waals surface area (Å²) in [6.07, 6.45) is 1.49. The third kappa shape index (κ3) is 1.83. The molecule has 7 nitrogen and oxygen atoms in total. The molecule has 1 aliphatic rings. The van der Waals surface area contributed by atoms with Crippen LogP contribution in [0.5, 0.6) is 0 Å². The SMILES string of the molecule is NCC1(C(=O)Nc2cccc3c(=O)[nH][nH]c(=O)c23)CC1. The first-order valence-corrected chi connectivity index (χ1v) is 6.33. The maximum Gasteiger partial charge on any atom is 0.272 e. The Bertz CT molecular complexity index is 801. The highest BCUT2D eigenvalue weighted by Gasteiger charge is 2.48. The van der Waals surface area contributed by atoms with Gasteiger partial charge in [-0.15, -0.1) is 0 Å². The lowest BCUT2D eigenvalue weighted by atomic mass is 10.1. The van der Waals surface area contributed by atoms with Gasteiger partial charge in [0.25, 0.3) is 11.1 Å². The number of nitrogens with one attached hydrogen (secondary N) is 3. The Hall–Kier alpha value is -2.41. The van der Waals surface area contributed by atoms with E-state index in [0.717, 1.165) is 12.8 Å². The predicted molar refractivity (Wildman–Crippen MR) is 74.5 cm³/mol. The van der Waals surface area contributed by atoms with Gasteiger partial charge in [-0.05, 0) is 25.0 Å². The molecule has 1 aromatic carbocycles. The quantitative estimate of drug-likeness (QED) is 0.624. The molecule has 1 saturated carbocycles. The van der Waals surface area contributed by atoms with Crippen molar-refractivity contribution in [2.75, 3.05) is 11.9 Å². The van der Waals surface area contributed by atoms with Crippen LogP contribution in [-0.4, -0.2) is 22.6 Å². The molecule has 0 radical (unpaired) electrons. The summed E-state index contributed by atoms with van der Waals surface area (Å²) in [5.74, 6) is -0.202. The molecule has 1 fully saturated rings. The van der Waals surface area contributed by atoms with Crippen molar-refractivity contribution in [2.45, 2.75) is 12.8 Å². The van der Waals surface area contributed by atoms with Crippen LogP contribution in [0, 0.1) is 5.41 Å². The number of hydrogen-bond acceptors (Lipinski definition) is 4. The fourth-order valence-electron chi connectivity index (χ4n) is 2.26. The molecule has 0 unspecified atom stereocenters. The van der Waals surface area contributed by atoms with Crippen molar-refractivity contribution in [1.82, 2.24) is 10.2 Å². The predicted octanol–water partition coefficient (Wildman–Crippen LogP) is -0.106. The van der Waals surface area contributed by atoms with Gasteiger partial charge in [-0.1, -0.05) is 6.07 Å². The Labute approximate surface area is 113 Å². The van der Waals surface area contributed by atoms with Crippen LogP contribution in [0.2, 0.25) is 0 Å². The zero-order chi connectivity index (χ0) is 14.3. The number of H-pyrrole nitrogens is 2. The van der Waals surface area contributed by atoms with Crippen molar-refractivity contribution in [2.24, 2.45) is 11.1 Å². The fourth-order valence-corrected chi connectivity index (χ4v) is 2.26. The topological polar surface area (TPSA) is 121 Å². The Morgan fingerprint density at radius 3 is 2.60 bits per heavy atom. The van der Waals surface area contributed by atoms with E-state index in [1.807, 2.05) is 0 Å². The highest BCUT2D eigenvalue weighted by atomic mass is 16.2. The number of carbonyl (C=O) groups excluding carboxylic acids is 1. The molecule has 0 atom stereocenters. The van der Waals surface area contributed by atoms with Crippen molar-refractivity contribution >= 4 is 22.4 Å². The number of amides is 1. The van der Waals surface area contributed by atoms with Gasteiger partial charge < -0.3 is 11.1 Å². The molecule has 0 saturated heterocycles. The highest BCUT2D eigenvalue weighted by Crippen LogP contribution is 2.45. The lowest BCUT2D eigenvalue weighted by Crippen LogP contribution is -2.31. The van der Waals surface area contributed by atoms with Gasteiger partial charge in [-0.2, -0.15) is 0 Å². The first kappa shape index (κ1) is 12.6. The molecule has 7 heteroatoms. The maximum absolute atomic E-state index is 12.2. The van der Waals surface area contributed by atoms with Crippen LogP contribution in [0.3, 0.4) is 0 Å². The molecular weight excluding hydrogens is 260 g/mol. The van der Waals surface area contributed by atoms with Gasteiger partial charge in [-0.25, -0.2) is 0 Å². The smallest absolute Gasteiger partial charge is 0.272 e.